The lowest BCUT2D eigenvalue weighted by molar-refractivity contribution is 0.248. The molecule has 4 nitrogen and oxygen atoms in total. The van der Waals surface area contributed by atoms with E-state index in [0.29, 0.717) is 0 Å². The Kier molecular flexibility index (Phi) is 2.91. The van der Waals surface area contributed by atoms with E-state index < -0.39 is 13.2 Å². The quantitative estimate of drug-likeness (QED) is 0.587. The van der Waals surface area contributed by atoms with Crippen LogP contribution in [0.15, 0.2) is 0 Å². The van der Waals surface area contributed by atoms with Crippen molar-refractivity contribution in [2.75, 3.05) is 13.3 Å². The van der Waals surface area contributed by atoms with Gasteiger partial charge in [0.25, 0.3) is 0 Å². The van der Waals surface area contributed by atoms with Crippen LogP contribution in [-0.2, 0) is 4.57 Å². The van der Waals surface area contributed by atoms with Gasteiger partial charge in [-0.3, -0.25) is 0 Å². The number of nitrogens with one attached hydrogen (secondary N) is 1. The molecule has 0 saturated carbocycles. The second kappa shape index (κ2) is 3.06. The van der Waals surface area contributed by atoms with Crippen LogP contribution in [0.1, 0.15) is 6.92 Å². The van der Waals surface area contributed by atoms with Gasteiger partial charge in [-0.25, -0.2) is 4.79 Å². The first-order valence-corrected chi connectivity index (χ1v) is 5.61. The summed E-state index contributed by atoms with van der Waals surface area (Å²) in [6.07, 6.45) is 0. The Morgan fingerprint density at radius 3 is 2.10 bits per heavy atom. The third-order valence-electron chi connectivity index (χ3n) is 1.28. The minimum Gasteiger partial charge on any atom is -0.352 e. The summed E-state index contributed by atoms with van der Waals surface area (Å²) < 4.78 is 11.2. The van der Waals surface area contributed by atoms with Gasteiger partial charge in [0.15, 0.2) is 0 Å². The Hall–Kier alpha value is -0.500. The fourth-order valence-electron chi connectivity index (χ4n) is 0.361. The number of nitrogens with two attached hydrogens (primary N) is 1. The molecule has 0 spiro atoms. The molecule has 60 valence electrons. The van der Waals surface area contributed by atoms with Gasteiger partial charge in [0, 0.05) is 0 Å². The molecule has 0 fully saturated rings. The highest BCUT2D eigenvalue weighted by atomic mass is 31.2. The molecule has 0 saturated heterocycles. The molecule has 0 aromatic rings. The first kappa shape index (κ1) is 9.50. The molecule has 0 aliphatic carbocycles. The predicted octanol–water partition coefficient (Wildman–Crippen LogP) is 0.623. The third kappa shape index (κ3) is 3.51. The van der Waals surface area contributed by atoms with Gasteiger partial charge in [0.05, 0.1) is 5.78 Å². The molecule has 1 atom stereocenters. The SMILES string of the molecule is CC(NC(N)=O)P(C)(C)=O. The Labute approximate surface area is 60.5 Å². The minimum atomic E-state index is -2.22. The second-order valence-corrected chi connectivity index (χ2v) is 6.26. The van der Waals surface area contributed by atoms with Crippen molar-refractivity contribution in [2.45, 2.75) is 12.7 Å². The molecule has 0 radical (unpaired) electrons. The standard InChI is InChI=1S/C5H13N2O2P/c1-4(7-5(6)8)10(2,3)9/h4H,1-3H3,(H3,6,7,8). The number of carbonyl (C=O) groups excluding carboxylic acids is 1. The van der Waals surface area contributed by atoms with Crippen LogP contribution in [0.2, 0.25) is 0 Å². The monoisotopic (exact) mass is 164 g/mol. The number of primary amides is 1. The van der Waals surface area contributed by atoms with Gasteiger partial charge in [-0.05, 0) is 20.3 Å². The zero-order chi connectivity index (χ0) is 8.36. The summed E-state index contributed by atoms with van der Waals surface area (Å²) in [4.78, 5) is 10.2. The molecular formula is C5H13N2O2P. The van der Waals surface area contributed by atoms with Gasteiger partial charge in [-0.1, -0.05) is 0 Å². The average Bonchev–Trinajstić information content (AvgIpc) is 1.60. The normalized spacial score (nSPS) is 14.3. The molecule has 0 aromatic carbocycles. The van der Waals surface area contributed by atoms with E-state index in [0.717, 1.165) is 0 Å². The minimum absolute atomic E-state index is 0.329. The van der Waals surface area contributed by atoms with E-state index in [4.69, 9.17) is 5.73 Å². The van der Waals surface area contributed by atoms with E-state index in [2.05, 4.69) is 5.32 Å². The molecule has 3 N–H and O–H groups in total. The topological polar surface area (TPSA) is 72.2 Å². The van der Waals surface area contributed by atoms with Crippen molar-refractivity contribution in [1.82, 2.24) is 5.32 Å². The fourth-order valence-corrected chi connectivity index (χ4v) is 0.799. The maximum absolute atomic E-state index is 11.2. The van der Waals surface area contributed by atoms with Crippen molar-refractivity contribution < 1.29 is 9.36 Å². The predicted molar refractivity (Wildman–Crippen MR) is 41.6 cm³/mol. The molecular weight excluding hydrogens is 151 g/mol. The summed E-state index contributed by atoms with van der Waals surface area (Å²) in [5.41, 5.74) is 4.82. The number of amides is 2. The zero-order valence-corrected chi connectivity index (χ0v) is 7.31. The van der Waals surface area contributed by atoms with Gasteiger partial charge in [0.1, 0.15) is 7.14 Å². The molecule has 0 aliphatic heterocycles. The van der Waals surface area contributed by atoms with E-state index in [1.165, 1.54) is 0 Å². The Morgan fingerprint density at radius 2 is 2.00 bits per heavy atom. The molecule has 0 aromatic heterocycles. The molecule has 10 heavy (non-hydrogen) atoms. The molecule has 0 bridgehead atoms. The van der Waals surface area contributed by atoms with Gasteiger partial charge >= 0.3 is 6.03 Å². The fraction of sp³-hybridized carbons (Fsp3) is 0.800. The number of urea groups is 1. The zero-order valence-electron chi connectivity index (χ0n) is 6.42. The number of rotatable bonds is 2. The maximum Gasteiger partial charge on any atom is 0.312 e. The van der Waals surface area contributed by atoms with Crippen LogP contribution in [-0.4, -0.2) is 25.1 Å². The molecule has 2 amide bonds. The van der Waals surface area contributed by atoms with Crippen molar-refractivity contribution in [3.8, 4) is 0 Å². The van der Waals surface area contributed by atoms with Crippen molar-refractivity contribution in [1.29, 1.82) is 0 Å². The van der Waals surface area contributed by atoms with Crippen LogP contribution >= 0.6 is 7.14 Å². The number of hydrogen-bond acceptors (Lipinski definition) is 2. The number of hydrogen-bond donors (Lipinski definition) is 2. The van der Waals surface area contributed by atoms with Crippen molar-refractivity contribution in [2.24, 2.45) is 5.73 Å². The van der Waals surface area contributed by atoms with Gasteiger partial charge < -0.3 is 15.6 Å². The van der Waals surface area contributed by atoms with Gasteiger partial charge in [0.2, 0.25) is 0 Å². The van der Waals surface area contributed by atoms with Crippen LogP contribution in [0.4, 0.5) is 4.79 Å². The van der Waals surface area contributed by atoms with E-state index in [9.17, 15) is 9.36 Å². The van der Waals surface area contributed by atoms with Crippen molar-refractivity contribution in [3.05, 3.63) is 0 Å². The van der Waals surface area contributed by atoms with E-state index in [1.54, 1.807) is 20.3 Å². The summed E-state index contributed by atoms with van der Waals surface area (Å²) in [5, 5.41) is 2.36. The lowest BCUT2D eigenvalue weighted by Crippen LogP contribution is -2.36. The number of carbonyl (C=O) groups is 1. The Bertz CT molecular complexity index is 174. The van der Waals surface area contributed by atoms with Crippen LogP contribution in [0.5, 0.6) is 0 Å². The summed E-state index contributed by atoms with van der Waals surface area (Å²) >= 11 is 0. The molecule has 0 heterocycles. The second-order valence-electron chi connectivity index (χ2n) is 2.62. The lowest BCUT2D eigenvalue weighted by Gasteiger charge is -2.16. The van der Waals surface area contributed by atoms with E-state index in [-0.39, 0.29) is 5.78 Å². The summed E-state index contributed by atoms with van der Waals surface area (Å²) in [6.45, 7) is 4.88. The lowest BCUT2D eigenvalue weighted by atomic mass is 10.7. The van der Waals surface area contributed by atoms with Gasteiger partial charge in [-0.15, -0.1) is 0 Å². The van der Waals surface area contributed by atoms with E-state index in [1.807, 2.05) is 0 Å². The highest BCUT2D eigenvalue weighted by Gasteiger charge is 2.18. The first-order valence-electron chi connectivity index (χ1n) is 2.94. The highest BCUT2D eigenvalue weighted by Crippen LogP contribution is 2.40. The van der Waals surface area contributed by atoms with Crippen molar-refractivity contribution >= 4 is 13.2 Å². The summed E-state index contributed by atoms with van der Waals surface area (Å²) in [5.74, 6) is -0.329. The summed E-state index contributed by atoms with van der Waals surface area (Å²) in [7, 11) is -2.22. The Balaban J connectivity index is 3.98. The highest BCUT2D eigenvalue weighted by molar-refractivity contribution is 7.63. The van der Waals surface area contributed by atoms with E-state index >= 15 is 0 Å². The van der Waals surface area contributed by atoms with Crippen LogP contribution in [0.3, 0.4) is 0 Å². The molecule has 0 rings (SSSR count). The molecule has 5 heteroatoms. The molecule has 0 aliphatic rings. The largest absolute Gasteiger partial charge is 0.352 e. The first-order chi connectivity index (χ1) is 4.34. The summed E-state index contributed by atoms with van der Waals surface area (Å²) in [6, 6.07) is -0.628. The Morgan fingerprint density at radius 1 is 1.60 bits per heavy atom. The average molecular weight is 164 g/mol. The van der Waals surface area contributed by atoms with Crippen LogP contribution in [0, 0.1) is 0 Å². The van der Waals surface area contributed by atoms with Gasteiger partial charge in [-0.2, -0.15) is 0 Å². The maximum atomic E-state index is 11.2. The van der Waals surface area contributed by atoms with Crippen molar-refractivity contribution in [3.63, 3.8) is 0 Å². The smallest absolute Gasteiger partial charge is 0.312 e. The third-order valence-corrected chi connectivity index (χ3v) is 3.28. The van der Waals surface area contributed by atoms with Crippen LogP contribution in [0.25, 0.3) is 0 Å². The molecule has 1 unspecified atom stereocenters. The van der Waals surface area contributed by atoms with Crippen LogP contribution < -0.4 is 11.1 Å².